The molecule has 82 valence electrons. The van der Waals surface area contributed by atoms with Crippen LogP contribution in [0.5, 0.6) is 0 Å². The topological polar surface area (TPSA) is 29.1 Å². The van der Waals surface area contributed by atoms with Gasteiger partial charge in [0.15, 0.2) is 0 Å². The number of hydrogen-bond acceptors (Lipinski definition) is 1. The Labute approximate surface area is 105 Å². The van der Waals surface area contributed by atoms with Crippen molar-refractivity contribution in [2.75, 3.05) is 11.9 Å². The molecule has 5 heteroatoms. The number of carbonyl (C=O) groups excluding carboxylic acids is 1. The highest BCUT2D eigenvalue weighted by Crippen LogP contribution is 2.17. The largest absolute Gasteiger partial charge is 0.352 e. The van der Waals surface area contributed by atoms with Crippen molar-refractivity contribution >= 4 is 37.8 Å². The molecule has 0 unspecified atom stereocenters. The molecule has 0 radical (unpaired) electrons. The fraction of sp³-hybridized carbons (Fsp3) is 0.300. The van der Waals surface area contributed by atoms with E-state index in [2.05, 4.69) is 37.2 Å². The number of carbonyl (C=O) groups is 1. The summed E-state index contributed by atoms with van der Waals surface area (Å²) in [6, 6.07) is 4.04. The Bertz CT molecular complexity index is 357. The maximum absolute atomic E-state index is 12.9. The van der Waals surface area contributed by atoms with E-state index in [0.717, 1.165) is 11.8 Å². The average molecular weight is 339 g/mol. The summed E-state index contributed by atoms with van der Waals surface area (Å²) in [6.07, 6.45) is 0.846. The second-order valence-corrected chi connectivity index (χ2v) is 4.57. The van der Waals surface area contributed by atoms with E-state index in [-0.39, 0.29) is 5.91 Å². The molecule has 0 aliphatic rings. The molecule has 0 saturated heterocycles. The minimum Gasteiger partial charge on any atom is -0.352 e. The van der Waals surface area contributed by atoms with Gasteiger partial charge in [-0.15, -0.1) is 0 Å². The zero-order valence-electron chi connectivity index (χ0n) is 7.90. The van der Waals surface area contributed by atoms with Crippen LogP contribution in [0.15, 0.2) is 22.7 Å². The van der Waals surface area contributed by atoms with E-state index >= 15 is 0 Å². The molecule has 2 nitrogen and oxygen atoms in total. The molecule has 0 aliphatic carbocycles. The molecule has 1 amide bonds. The number of rotatable bonds is 4. The van der Waals surface area contributed by atoms with Crippen molar-refractivity contribution < 1.29 is 9.18 Å². The number of hydrogen-bond donors (Lipinski definition) is 1. The van der Waals surface area contributed by atoms with E-state index < -0.39 is 5.82 Å². The molecule has 1 rings (SSSR count). The SMILES string of the molecule is O=C(NCCCBr)c1cc(F)ccc1Br. The molecule has 0 fully saturated rings. The van der Waals surface area contributed by atoms with E-state index in [1.165, 1.54) is 18.2 Å². The molecule has 0 spiro atoms. The minimum atomic E-state index is -0.413. The van der Waals surface area contributed by atoms with Gasteiger partial charge in [-0.3, -0.25) is 4.79 Å². The molecule has 0 saturated carbocycles. The standard InChI is InChI=1S/C10H10Br2FNO/c11-4-1-5-14-10(15)8-6-7(13)2-3-9(8)12/h2-3,6H,1,4-5H2,(H,14,15). The molecule has 0 heterocycles. The summed E-state index contributed by atoms with van der Waals surface area (Å²) in [7, 11) is 0. The number of nitrogens with one attached hydrogen (secondary N) is 1. The van der Waals surface area contributed by atoms with Gasteiger partial charge in [-0.25, -0.2) is 4.39 Å². The molecular weight excluding hydrogens is 329 g/mol. The van der Waals surface area contributed by atoms with E-state index in [4.69, 9.17) is 0 Å². The average Bonchev–Trinajstić information content (AvgIpc) is 2.22. The van der Waals surface area contributed by atoms with Crippen LogP contribution in [0.25, 0.3) is 0 Å². The first-order chi connectivity index (χ1) is 7.15. The summed E-state index contributed by atoms with van der Waals surface area (Å²) in [4.78, 5) is 11.6. The van der Waals surface area contributed by atoms with Crippen molar-refractivity contribution in [2.24, 2.45) is 0 Å². The fourth-order valence-electron chi connectivity index (χ4n) is 1.04. The highest BCUT2D eigenvalue weighted by atomic mass is 79.9. The highest BCUT2D eigenvalue weighted by molar-refractivity contribution is 9.10. The second kappa shape index (κ2) is 6.23. The van der Waals surface area contributed by atoms with E-state index in [0.29, 0.717) is 16.6 Å². The quantitative estimate of drug-likeness (QED) is 0.663. The molecular formula is C10H10Br2FNO. The molecule has 0 bridgehead atoms. The Morgan fingerprint density at radius 2 is 2.20 bits per heavy atom. The van der Waals surface area contributed by atoms with E-state index in [1.807, 2.05) is 0 Å². The molecule has 15 heavy (non-hydrogen) atoms. The molecule has 1 aromatic rings. The Hall–Kier alpha value is -0.420. The Morgan fingerprint density at radius 3 is 2.87 bits per heavy atom. The summed E-state index contributed by atoms with van der Waals surface area (Å²) >= 11 is 6.46. The van der Waals surface area contributed by atoms with Crippen molar-refractivity contribution in [1.29, 1.82) is 0 Å². The van der Waals surface area contributed by atoms with Crippen LogP contribution in [-0.4, -0.2) is 17.8 Å². The number of amides is 1. The van der Waals surface area contributed by atoms with Gasteiger partial charge in [-0.1, -0.05) is 15.9 Å². The Kier molecular flexibility index (Phi) is 5.25. The fourth-order valence-corrected chi connectivity index (χ4v) is 1.74. The van der Waals surface area contributed by atoms with Crippen molar-refractivity contribution in [3.63, 3.8) is 0 Å². The highest BCUT2D eigenvalue weighted by Gasteiger charge is 2.09. The summed E-state index contributed by atoms with van der Waals surface area (Å²) < 4.78 is 13.5. The molecule has 0 atom stereocenters. The lowest BCUT2D eigenvalue weighted by atomic mass is 10.2. The van der Waals surface area contributed by atoms with Crippen LogP contribution in [0.3, 0.4) is 0 Å². The van der Waals surface area contributed by atoms with Crippen molar-refractivity contribution in [3.8, 4) is 0 Å². The third-order valence-electron chi connectivity index (χ3n) is 1.77. The Balaban J connectivity index is 2.68. The van der Waals surface area contributed by atoms with Crippen LogP contribution in [0.4, 0.5) is 4.39 Å². The lowest BCUT2D eigenvalue weighted by molar-refractivity contribution is 0.0952. The van der Waals surface area contributed by atoms with Gasteiger partial charge in [0.1, 0.15) is 5.82 Å². The van der Waals surface area contributed by atoms with Crippen LogP contribution in [0, 0.1) is 5.82 Å². The van der Waals surface area contributed by atoms with Crippen molar-refractivity contribution in [3.05, 3.63) is 34.1 Å². The first-order valence-electron chi connectivity index (χ1n) is 4.44. The first kappa shape index (κ1) is 12.6. The van der Waals surface area contributed by atoms with Gasteiger partial charge in [0.25, 0.3) is 5.91 Å². The number of benzene rings is 1. The molecule has 0 aromatic heterocycles. The van der Waals surface area contributed by atoms with Gasteiger partial charge < -0.3 is 5.32 Å². The summed E-state index contributed by atoms with van der Waals surface area (Å²) in [5.41, 5.74) is 0.324. The van der Waals surface area contributed by atoms with Crippen LogP contribution >= 0.6 is 31.9 Å². The first-order valence-corrected chi connectivity index (χ1v) is 6.36. The molecule has 1 aromatic carbocycles. The maximum atomic E-state index is 12.9. The van der Waals surface area contributed by atoms with E-state index in [9.17, 15) is 9.18 Å². The summed E-state index contributed by atoms with van der Waals surface area (Å²) in [5, 5.41) is 3.53. The van der Waals surface area contributed by atoms with Crippen LogP contribution in [-0.2, 0) is 0 Å². The third-order valence-corrected chi connectivity index (χ3v) is 3.02. The third kappa shape index (κ3) is 3.91. The monoisotopic (exact) mass is 337 g/mol. The lowest BCUT2D eigenvalue weighted by Crippen LogP contribution is -2.25. The minimum absolute atomic E-state index is 0.262. The predicted octanol–water partition coefficient (Wildman–Crippen LogP) is 3.10. The van der Waals surface area contributed by atoms with Crippen LogP contribution in [0.1, 0.15) is 16.8 Å². The normalized spacial score (nSPS) is 10.1. The molecule has 1 N–H and O–H groups in total. The van der Waals surface area contributed by atoms with Crippen LogP contribution < -0.4 is 5.32 Å². The van der Waals surface area contributed by atoms with Gasteiger partial charge in [0.05, 0.1) is 5.56 Å². The number of alkyl halides is 1. The van der Waals surface area contributed by atoms with Gasteiger partial charge in [0.2, 0.25) is 0 Å². The second-order valence-electron chi connectivity index (χ2n) is 2.92. The zero-order chi connectivity index (χ0) is 11.3. The predicted molar refractivity (Wildman–Crippen MR) is 64.8 cm³/mol. The van der Waals surface area contributed by atoms with Crippen molar-refractivity contribution in [2.45, 2.75) is 6.42 Å². The van der Waals surface area contributed by atoms with Gasteiger partial charge in [0, 0.05) is 16.3 Å². The van der Waals surface area contributed by atoms with Crippen LogP contribution in [0.2, 0.25) is 0 Å². The van der Waals surface area contributed by atoms with Gasteiger partial charge in [-0.05, 0) is 40.5 Å². The molecule has 0 aliphatic heterocycles. The summed E-state index contributed by atoms with van der Waals surface area (Å²) in [5.74, 6) is -0.675. The van der Waals surface area contributed by atoms with Crippen molar-refractivity contribution in [1.82, 2.24) is 5.32 Å². The van der Waals surface area contributed by atoms with Gasteiger partial charge in [-0.2, -0.15) is 0 Å². The maximum Gasteiger partial charge on any atom is 0.252 e. The summed E-state index contributed by atoms with van der Waals surface area (Å²) in [6.45, 7) is 0.576. The lowest BCUT2D eigenvalue weighted by Gasteiger charge is -2.05. The smallest absolute Gasteiger partial charge is 0.252 e. The van der Waals surface area contributed by atoms with E-state index in [1.54, 1.807) is 0 Å². The van der Waals surface area contributed by atoms with Gasteiger partial charge >= 0.3 is 0 Å². The Morgan fingerprint density at radius 1 is 1.47 bits per heavy atom. The number of halogens is 3. The zero-order valence-corrected chi connectivity index (χ0v) is 11.1.